The third kappa shape index (κ3) is 2.77. The zero-order valence-electron chi connectivity index (χ0n) is 12.7. The molecular formula is C16H19N3O2. The van der Waals surface area contributed by atoms with E-state index in [1.54, 1.807) is 0 Å². The van der Waals surface area contributed by atoms with Gasteiger partial charge in [-0.2, -0.15) is 0 Å². The predicted molar refractivity (Wildman–Crippen MR) is 81.4 cm³/mol. The second-order valence-corrected chi connectivity index (χ2v) is 5.64. The summed E-state index contributed by atoms with van der Waals surface area (Å²) in [5.41, 5.74) is 3.40. The number of benzene rings is 1. The Morgan fingerprint density at radius 2 is 1.81 bits per heavy atom. The second kappa shape index (κ2) is 5.24. The maximum Gasteiger partial charge on any atom is 0.315 e. The molecule has 2 heterocycles. The van der Waals surface area contributed by atoms with Crippen molar-refractivity contribution in [2.75, 3.05) is 5.32 Å². The van der Waals surface area contributed by atoms with Crippen LogP contribution >= 0.6 is 0 Å². The van der Waals surface area contributed by atoms with Gasteiger partial charge in [-0.05, 0) is 43.2 Å². The van der Waals surface area contributed by atoms with Crippen LogP contribution in [0.2, 0.25) is 0 Å². The van der Waals surface area contributed by atoms with Crippen molar-refractivity contribution in [3.63, 3.8) is 0 Å². The SMILES string of the molecule is Cc1cc2cc(CNc3nnc(C(C)C)o3)oc2cc1C. The molecule has 0 aliphatic rings. The van der Waals surface area contributed by atoms with Gasteiger partial charge in [0.05, 0.1) is 6.54 Å². The topological polar surface area (TPSA) is 64.1 Å². The zero-order valence-corrected chi connectivity index (χ0v) is 12.7. The number of nitrogens with one attached hydrogen (secondary N) is 1. The number of aromatic nitrogens is 2. The number of hydrogen-bond donors (Lipinski definition) is 1. The number of aryl methyl sites for hydroxylation is 2. The van der Waals surface area contributed by atoms with Gasteiger partial charge in [-0.15, -0.1) is 5.10 Å². The Bertz CT molecular complexity index is 732. The lowest BCUT2D eigenvalue weighted by molar-refractivity contribution is 0.476. The minimum atomic E-state index is 0.227. The highest BCUT2D eigenvalue weighted by molar-refractivity contribution is 5.79. The Hall–Kier alpha value is -2.30. The van der Waals surface area contributed by atoms with Crippen LogP contribution in [0.5, 0.6) is 0 Å². The van der Waals surface area contributed by atoms with Crippen LogP contribution in [0.25, 0.3) is 11.0 Å². The molecule has 1 N–H and O–H groups in total. The van der Waals surface area contributed by atoms with E-state index in [9.17, 15) is 0 Å². The lowest BCUT2D eigenvalue weighted by Crippen LogP contribution is -1.97. The van der Waals surface area contributed by atoms with Crippen LogP contribution in [-0.2, 0) is 6.54 Å². The summed E-state index contributed by atoms with van der Waals surface area (Å²) in [5, 5.41) is 12.2. The molecule has 2 aromatic heterocycles. The van der Waals surface area contributed by atoms with E-state index in [4.69, 9.17) is 8.83 Å². The Kier molecular flexibility index (Phi) is 3.41. The van der Waals surface area contributed by atoms with Gasteiger partial charge in [-0.25, -0.2) is 0 Å². The van der Waals surface area contributed by atoms with Crippen molar-refractivity contribution in [3.8, 4) is 0 Å². The molecule has 21 heavy (non-hydrogen) atoms. The molecule has 5 nitrogen and oxygen atoms in total. The number of rotatable bonds is 4. The predicted octanol–water partition coefficient (Wildman–Crippen LogP) is 4.17. The average molecular weight is 285 g/mol. The smallest absolute Gasteiger partial charge is 0.315 e. The molecular weight excluding hydrogens is 266 g/mol. The monoisotopic (exact) mass is 285 g/mol. The highest BCUT2D eigenvalue weighted by Gasteiger charge is 2.10. The molecule has 3 aromatic rings. The third-order valence-corrected chi connectivity index (χ3v) is 3.53. The van der Waals surface area contributed by atoms with E-state index in [-0.39, 0.29) is 5.92 Å². The number of hydrogen-bond acceptors (Lipinski definition) is 5. The Balaban J connectivity index is 1.75. The van der Waals surface area contributed by atoms with Crippen molar-refractivity contribution >= 4 is 17.0 Å². The van der Waals surface area contributed by atoms with Crippen LogP contribution in [0, 0.1) is 13.8 Å². The lowest BCUT2D eigenvalue weighted by atomic mass is 10.1. The maximum absolute atomic E-state index is 5.83. The van der Waals surface area contributed by atoms with E-state index in [0.29, 0.717) is 18.5 Å². The van der Waals surface area contributed by atoms with Crippen molar-refractivity contribution in [2.24, 2.45) is 0 Å². The lowest BCUT2D eigenvalue weighted by Gasteiger charge is -1.98. The molecule has 0 saturated heterocycles. The molecule has 0 saturated carbocycles. The minimum Gasteiger partial charge on any atom is -0.459 e. The Morgan fingerprint density at radius 3 is 2.52 bits per heavy atom. The van der Waals surface area contributed by atoms with Gasteiger partial charge in [-0.3, -0.25) is 0 Å². The molecule has 0 unspecified atom stereocenters. The van der Waals surface area contributed by atoms with E-state index in [0.717, 1.165) is 16.7 Å². The van der Waals surface area contributed by atoms with E-state index in [1.165, 1.54) is 11.1 Å². The van der Waals surface area contributed by atoms with Gasteiger partial charge in [0.25, 0.3) is 0 Å². The van der Waals surface area contributed by atoms with Gasteiger partial charge >= 0.3 is 6.01 Å². The standard InChI is InChI=1S/C16H19N3O2/c1-9(2)15-18-19-16(21-15)17-8-13-7-12-5-10(3)11(4)6-14(12)20-13/h5-7,9H,8H2,1-4H3,(H,17,19). The number of nitrogens with zero attached hydrogens (tertiary/aromatic N) is 2. The number of anilines is 1. The third-order valence-electron chi connectivity index (χ3n) is 3.53. The van der Waals surface area contributed by atoms with Crippen LogP contribution < -0.4 is 5.32 Å². The molecule has 0 fully saturated rings. The molecule has 0 aliphatic carbocycles. The fraction of sp³-hybridized carbons (Fsp3) is 0.375. The first-order valence-corrected chi connectivity index (χ1v) is 7.10. The molecule has 110 valence electrons. The van der Waals surface area contributed by atoms with Crippen molar-refractivity contribution < 1.29 is 8.83 Å². The summed E-state index contributed by atoms with van der Waals surface area (Å²) < 4.78 is 11.3. The summed E-state index contributed by atoms with van der Waals surface area (Å²) in [6, 6.07) is 6.67. The van der Waals surface area contributed by atoms with Crippen LogP contribution in [0.1, 0.15) is 42.5 Å². The molecule has 5 heteroatoms. The quantitative estimate of drug-likeness (QED) is 0.779. The van der Waals surface area contributed by atoms with E-state index < -0.39 is 0 Å². The van der Waals surface area contributed by atoms with E-state index in [2.05, 4.69) is 41.5 Å². The van der Waals surface area contributed by atoms with Crippen molar-refractivity contribution in [1.29, 1.82) is 0 Å². The minimum absolute atomic E-state index is 0.227. The van der Waals surface area contributed by atoms with Crippen LogP contribution in [0.4, 0.5) is 6.01 Å². The molecule has 0 radical (unpaired) electrons. The number of fused-ring (bicyclic) bond motifs is 1. The van der Waals surface area contributed by atoms with E-state index in [1.807, 2.05) is 19.9 Å². The largest absolute Gasteiger partial charge is 0.459 e. The summed E-state index contributed by atoms with van der Waals surface area (Å²) in [7, 11) is 0. The first-order chi connectivity index (χ1) is 10.0. The Labute approximate surface area is 123 Å². The highest BCUT2D eigenvalue weighted by atomic mass is 16.4. The van der Waals surface area contributed by atoms with Crippen LogP contribution in [0.15, 0.2) is 27.0 Å². The first-order valence-electron chi connectivity index (χ1n) is 7.10. The zero-order chi connectivity index (χ0) is 15.0. The average Bonchev–Trinajstić information content (AvgIpc) is 3.03. The molecule has 0 aliphatic heterocycles. The van der Waals surface area contributed by atoms with Gasteiger partial charge in [0, 0.05) is 11.3 Å². The summed E-state index contributed by atoms with van der Waals surface area (Å²) >= 11 is 0. The summed E-state index contributed by atoms with van der Waals surface area (Å²) in [6.45, 7) is 8.74. The second-order valence-electron chi connectivity index (χ2n) is 5.64. The first kappa shape index (κ1) is 13.7. The number of furan rings is 1. The Morgan fingerprint density at radius 1 is 1.05 bits per heavy atom. The summed E-state index contributed by atoms with van der Waals surface area (Å²) in [6.07, 6.45) is 0. The van der Waals surface area contributed by atoms with Crippen molar-refractivity contribution in [3.05, 3.63) is 41.0 Å². The highest BCUT2D eigenvalue weighted by Crippen LogP contribution is 2.24. The van der Waals surface area contributed by atoms with E-state index >= 15 is 0 Å². The summed E-state index contributed by atoms with van der Waals surface area (Å²) in [5.74, 6) is 1.71. The summed E-state index contributed by atoms with van der Waals surface area (Å²) in [4.78, 5) is 0. The van der Waals surface area contributed by atoms with Gasteiger partial charge in [0.1, 0.15) is 11.3 Å². The van der Waals surface area contributed by atoms with Crippen LogP contribution in [0.3, 0.4) is 0 Å². The molecule has 0 atom stereocenters. The van der Waals surface area contributed by atoms with Gasteiger partial charge in [0.2, 0.25) is 5.89 Å². The fourth-order valence-electron chi connectivity index (χ4n) is 2.15. The van der Waals surface area contributed by atoms with Gasteiger partial charge in [0.15, 0.2) is 0 Å². The molecule has 0 bridgehead atoms. The van der Waals surface area contributed by atoms with Crippen LogP contribution in [-0.4, -0.2) is 10.2 Å². The molecule has 0 amide bonds. The van der Waals surface area contributed by atoms with Gasteiger partial charge in [-0.1, -0.05) is 18.9 Å². The fourth-order valence-corrected chi connectivity index (χ4v) is 2.15. The molecule has 1 aromatic carbocycles. The molecule has 0 spiro atoms. The molecule has 3 rings (SSSR count). The normalized spacial score (nSPS) is 11.5. The van der Waals surface area contributed by atoms with Gasteiger partial charge < -0.3 is 14.2 Å². The van der Waals surface area contributed by atoms with Crippen molar-refractivity contribution in [1.82, 2.24) is 10.2 Å². The van der Waals surface area contributed by atoms with Crippen molar-refractivity contribution in [2.45, 2.75) is 40.2 Å². The maximum atomic E-state index is 5.83.